The number of benzene rings is 1. The number of halogens is 1. The van der Waals surface area contributed by atoms with Gasteiger partial charge in [0.15, 0.2) is 11.8 Å². The first-order valence-corrected chi connectivity index (χ1v) is 10.0. The highest BCUT2D eigenvalue weighted by atomic mass is 127. The molecule has 0 aliphatic heterocycles. The van der Waals surface area contributed by atoms with Crippen LogP contribution in [0, 0.1) is 0 Å². The molecule has 0 aliphatic carbocycles. The fraction of sp³-hybridized carbons (Fsp3) is 0.368. The van der Waals surface area contributed by atoms with Crippen molar-refractivity contribution in [1.82, 2.24) is 30.8 Å². The maximum absolute atomic E-state index is 4.69. The van der Waals surface area contributed by atoms with Crippen LogP contribution in [0.15, 0.2) is 41.8 Å². The van der Waals surface area contributed by atoms with Gasteiger partial charge in [-0.15, -0.1) is 35.3 Å². The van der Waals surface area contributed by atoms with E-state index in [0.717, 1.165) is 53.8 Å². The molecule has 2 heterocycles. The van der Waals surface area contributed by atoms with Crippen LogP contribution in [-0.4, -0.2) is 39.2 Å². The third-order valence-corrected chi connectivity index (χ3v) is 5.16. The van der Waals surface area contributed by atoms with E-state index >= 15 is 0 Å². The molecule has 3 rings (SSSR count). The monoisotopic (exact) mass is 511 g/mol. The largest absolute Gasteiger partial charge is 0.357 e. The average molecular weight is 511 g/mol. The number of hydrogen-bond donors (Lipinski definition) is 3. The molecule has 0 fully saturated rings. The van der Waals surface area contributed by atoms with E-state index in [-0.39, 0.29) is 24.0 Å². The Bertz CT molecular complexity index is 861. The molecule has 0 amide bonds. The van der Waals surface area contributed by atoms with Gasteiger partial charge in [-0.1, -0.05) is 25.1 Å². The zero-order valence-corrected chi connectivity index (χ0v) is 19.3. The SMILES string of the molecule is CCNC(=NCc1cccc(-c2ncn[nH]2)c1)NCCc1ncc(CC)s1.I. The van der Waals surface area contributed by atoms with Gasteiger partial charge in [0.1, 0.15) is 6.33 Å². The van der Waals surface area contributed by atoms with Crippen LogP contribution < -0.4 is 10.6 Å². The van der Waals surface area contributed by atoms with Gasteiger partial charge in [0.05, 0.1) is 11.6 Å². The molecule has 1 aromatic carbocycles. The fourth-order valence-electron chi connectivity index (χ4n) is 2.59. The summed E-state index contributed by atoms with van der Waals surface area (Å²) in [5.41, 5.74) is 2.13. The van der Waals surface area contributed by atoms with Crippen LogP contribution in [-0.2, 0) is 19.4 Å². The molecule has 0 bridgehead atoms. The molecular formula is C19H26IN7S. The van der Waals surface area contributed by atoms with Crippen molar-refractivity contribution in [3.8, 4) is 11.4 Å². The van der Waals surface area contributed by atoms with E-state index in [1.54, 1.807) is 11.3 Å². The molecule has 9 heteroatoms. The van der Waals surface area contributed by atoms with Gasteiger partial charge >= 0.3 is 0 Å². The van der Waals surface area contributed by atoms with Gasteiger partial charge in [-0.3, -0.25) is 5.10 Å². The average Bonchev–Trinajstić information content (AvgIpc) is 3.38. The topological polar surface area (TPSA) is 90.9 Å². The van der Waals surface area contributed by atoms with Gasteiger partial charge < -0.3 is 10.6 Å². The van der Waals surface area contributed by atoms with E-state index in [1.165, 1.54) is 11.2 Å². The molecule has 0 radical (unpaired) electrons. The van der Waals surface area contributed by atoms with Crippen LogP contribution in [0.25, 0.3) is 11.4 Å². The van der Waals surface area contributed by atoms with Crippen molar-refractivity contribution in [3.05, 3.63) is 52.2 Å². The highest BCUT2D eigenvalue weighted by Gasteiger charge is 2.04. The lowest BCUT2D eigenvalue weighted by atomic mass is 10.1. The summed E-state index contributed by atoms with van der Waals surface area (Å²) in [6, 6.07) is 8.16. The lowest BCUT2D eigenvalue weighted by Crippen LogP contribution is -2.38. The van der Waals surface area contributed by atoms with E-state index in [2.05, 4.69) is 61.8 Å². The molecule has 150 valence electrons. The highest BCUT2D eigenvalue weighted by molar-refractivity contribution is 14.0. The molecule has 2 aromatic heterocycles. The minimum Gasteiger partial charge on any atom is -0.357 e. The molecule has 3 aromatic rings. The van der Waals surface area contributed by atoms with E-state index in [9.17, 15) is 0 Å². The van der Waals surface area contributed by atoms with Crippen LogP contribution in [0.2, 0.25) is 0 Å². The van der Waals surface area contributed by atoms with Gasteiger partial charge in [-0.25, -0.2) is 15.0 Å². The summed E-state index contributed by atoms with van der Waals surface area (Å²) in [6.07, 6.45) is 5.43. The number of nitrogens with one attached hydrogen (secondary N) is 3. The van der Waals surface area contributed by atoms with E-state index < -0.39 is 0 Å². The number of thiazole rings is 1. The number of aliphatic imine (C=N–C) groups is 1. The van der Waals surface area contributed by atoms with Crippen molar-refractivity contribution in [2.45, 2.75) is 33.2 Å². The third kappa shape index (κ3) is 6.55. The molecule has 3 N–H and O–H groups in total. The smallest absolute Gasteiger partial charge is 0.191 e. The van der Waals surface area contributed by atoms with Gasteiger partial charge in [-0.2, -0.15) is 5.10 Å². The van der Waals surface area contributed by atoms with E-state index in [0.29, 0.717) is 6.54 Å². The summed E-state index contributed by atoms with van der Waals surface area (Å²) in [6.45, 7) is 6.44. The molecule has 0 aliphatic rings. The number of hydrogen-bond acceptors (Lipinski definition) is 5. The molecular weight excluding hydrogens is 485 g/mol. The summed E-state index contributed by atoms with van der Waals surface area (Å²) >= 11 is 1.78. The first kappa shape index (κ1) is 22.3. The molecule has 0 unspecified atom stereocenters. The summed E-state index contributed by atoms with van der Waals surface area (Å²) in [4.78, 5) is 14.7. The maximum Gasteiger partial charge on any atom is 0.191 e. The van der Waals surface area contributed by atoms with Crippen molar-refractivity contribution in [2.24, 2.45) is 4.99 Å². The van der Waals surface area contributed by atoms with Gasteiger partial charge in [-0.05, 0) is 25.0 Å². The van der Waals surface area contributed by atoms with Crippen LogP contribution in [0.1, 0.15) is 29.3 Å². The van der Waals surface area contributed by atoms with Gasteiger partial charge in [0.25, 0.3) is 0 Å². The Hall–Kier alpha value is -2.01. The lowest BCUT2D eigenvalue weighted by molar-refractivity contribution is 0.796. The van der Waals surface area contributed by atoms with E-state index in [1.807, 2.05) is 18.3 Å². The number of guanidine groups is 1. The van der Waals surface area contributed by atoms with Crippen molar-refractivity contribution in [2.75, 3.05) is 13.1 Å². The van der Waals surface area contributed by atoms with Crippen LogP contribution in [0.5, 0.6) is 0 Å². The fourth-order valence-corrected chi connectivity index (χ4v) is 3.45. The zero-order chi connectivity index (χ0) is 18.9. The summed E-state index contributed by atoms with van der Waals surface area (Å²) in [5, 5.41) is 14.6. The van der Waals surface area contributed by atoms with E-state index in [4.69, 9.17) is 0 Å². The quantitative estimate of drug-likeness (QED) is 0.245. The van der Waals surface area contributed by atoms with Gasteiger partial charge in [0.2, 0.25) is 0 Å². The van der Waals surface area contributed by atoms with Crippen molar-refractivity contribution in [3.63, 3.8) is 0 Å². The minimum absolute atomic E-state index is 0. The summed E-state index contributed by atoms with van der Waals surface area (Å²) < 4.78 is 0. The first-order chi connectivity index (χ1) is 13.3. The minimum atomic E-state index is 0. The summed E-state index contributed by atoms with van der Waals surface area (Å²) in [5.74, 6) is 1.58. The number of aromatic amines is 1. The predicted molar refractivity (Wildman–Crippen MR) is 125 cm³/mol. The number of H-pyrrole nitrogens is 1. The summed E-state index contributed by atoms with van der Waals surface area (Å²) in [7, 11) is 0. The second-order valence-corrected chi connectivity index (χ2v) is 7.18. The maximum atomic E-state index is 4.69. The second kappa shape index (κ2) is 11.7. The standard InChI is InChI=1S/C19H25N7S.HI/c1-3-16-12-22-17(27-16)8-9-21-19(20-4-2)23-11-14-6-5-7-15(10-14)18-24-13-25-26-18;/h5-7,10,12-13H,3-4,8-9,11H2,1-2H3,(H2,20,21,23)(H,24,25,26);1H. The molecule has 0 saturated carbocycles. The van der Waals surface area contributed by atoms with Crippen molar-refractivity contribution >= 4 is 41.3 Å². The lowest BCUT2D eigenvalue weighted by Gasteiger charge is -2.10. The Labute approximate surface area is 186 Å². The zero-order valence-electron chi connectivity index (χ0n) is 16.1. The molecule has 7 nitrogen and oxygen atoms in total. The highest BCUT2D eigenvalue weighted by Crippen LogP contribution is 2.16. The van der Waals surface area contributed by atoms with Crippen LogP contribution in [0.4, 0.5) is 0 Å². The van der Waals surface area contributed by atoms with Crippen molar-refractivity contribution in [1.29, 1.82) is 0 Å². The Balaban J connectivity index is 0.00000280. The molecule has 0 saturated heterocycles. The number of aryl methyl sites for hydroxylation is 1. The normalized spacial score (nSPS) is 11.1. The molecule has 0 spiro atoms. The Morgan fingerprint density at radius 1 is 1.21 bits per heavy atom. The second-order valence-electron chi connectivity index (χ2n) is 5.98. The third-order valence-electron chi connectivity index (χ3n) is 3.96. The van der Waals surface area contributed by atoms with Gasteiger partial charge in [0, 0.05) is 36.1 Å². The first-order valence-electron chi connectivity index (χ1n) is 9.19. The predicted octanol–water partition coefficient (Wildman–Crippen LogP) is 3.41. The van der Waals surface area contributed by atoms with Crippen molar-refractivity contribution < 1.29 is 0 Å². The number of rotatable bonds is 8. The Morgan fingerprint density at radius 2 is 2.11 bits per heavy atom. The molecule has 28 heavy (non-hydrogen) atoms. The van der Waals surface area contributed by atoms with Crippen LogP contribution in [0.3, 0.4) is 0 Å². The van der Waals surface area contributed by atoms with Crippen LogP contribution >= 0.6 is 35.3 Å². The number of aromatic nitrogens is 4. The molecule has 0 atom stereocenters. The Morgan fingerprint density at radius 3 is 2.82 bits per heavy atom. The number of nitrogens with zero attached hydrogens (tertiary/aromatic N) is 4. The Kier molecular flexibility index (Phi) is 9.35.